The molecule has 2 aromatic carbocycles. The minimum Gasteiger partial charge on any atom is -0.495 e. The summed E-state index contributed by atoms with van der Waals surface area (Å²) in [4.78, 5) is 35.0. The molecule has 3 amide bonds. The first-order chi connectivity index (χ1) is 13.0. The third-order valence-corrected chi connectivity index (χ3v) is 3.35. The highest BCUT2D eigenvalue weighted by Crippen LogP contribution is 2.27. The molecule has 2 rings (SSSR count). The summed E-state index contributed by atoms with van der Waals surface area (Å²) in [5, 5.41) is 7.72. The van der Waals surface area contributed by atoms with Crippen LogP contribution < -0.4 is 25.4 Å². The zero-order valence-electron chi connectivity index (χ0n) is 15.1. The van der Waals surface area contributed by atoms with Crippen molar-refractivity contribution in [1.82, 2.24) is 5.32 Å². The number of anilines is 2. The van der Waals surface area contributed by atoms with E-state index in [1.54, 1.807) is 42.5 Å². The lowest BCUT2D eigenvalue weighted by Gasteiger charge is -2.13. The molecule has 0 heterocycles. The van der Waals surface area contributed by atoms with Gasteiger partial charge in [-0.2, -0.15) is 0 Å². The normalized spacial score (nSPS) is 9.85. The molecular weight excluding hydrogens is 350 g/mol. The van der Waals surface area contributed by atoms with Crippen LogP contribution in [-0.4, -0.2) is 38.0 Å². The van der Waals surface area contributed by atoms with Crippen molar-refractivity contribution < 1.29 is 23.9 Å². The van der Waals surface area contributed by atoms with Gasteiger partial charge in [0.15, 0.2) is 6.61 Å². The van der Waals surface area contributed by atoms with Gasteiger partial charge in [-0.1, -0.05) is 18.2 Å². The molecule has 0 unspecified atom stereocenters. The highest BCUT2D eigenvalue weighted by Gasteiger charge is 2.11. The van der Waals surface area contributed by atoms with Gasteiger partial charge < -0.3 is 25.4 Å². The lowest BCUT2D eigenvalue weighted by Crippen LogP contribution is -2.35. The molecule has 0 bridgehead atoms. The van der Waals surface area contributed by atoms with E-state index in [4.69, 9.17) is 9.47 Å². The second kappa shape index (κ2) is 9.81. The first kappa shape index (κ1) is 19.8. The second-order valence-corrected chi connectivity index (χ2v) is 5.52. The van der Waals surface area contributed by atoms with Gasteiger partial charge in [0.25, 0.3) is 5.91 Å². The molecular formula is C19H21N3O5. The molecule has 0 aliphatic heterocycles. The number of amides is 3. The molecule has 0 aliphatic rings. The van der Waals surface area contributed by atoms with Crippen molar-refractivity contribution in [3.63, 3.8) is 0 Å². The lowest BCUT2D eigenvalue weighted by molar-refractivity contribution is -0.125. The quantitative estimate of drug-likeness (QED) is 0.656. The molecule has 8 nitrogen and oxygen atoms in total. The Morgan fingerprint density at radius 3 is 2.37 bits per heavy atom. The maximum atomic E-state index is 12.1. The number of ether oxygens (including phenoxy) is 2. The van der Waals surface area contributed by atoms with Crippen LogP contribution in [0.15, 0.2) is 48.5 Å². The van der Waals surface area contributed by atoms with E-state index in [1.807, 2.05) is 6.07 Å². The molecule has 142 valence electrons. The third kappa shape index (κ3) is 6.69. The molecule has 0 atom stereocenters. The van der Waals surface area contributed by atoms with E-state index < -0.39 is 11.8 Å². The van der Waals surface area contributed by atoms with Gasteiger partial charge >= 0.3 is 0 Å². The number of nitrogens with one attached hydrogen (secondary N) is 3. The largest absolute Gasteiger partial charge is 0.495 e. The number of hydrogen-bond donors (Lipinski definition) is 3. The van der Waals surface area contributed by atoms with Crippen molar-refractivity contribution in [3.05, 3.63) is 48.5 Å². The Morgan fingerprint density at radius 1 is 0.963 bits per heavy atom. The van der Waals surface area contributed by atoms with Gasteiger partial charge in [-0.05, 0) is 30.3 Å². The minimum atomic E-state index is -0.443. The highest BCUT2D eigenvalue weighted by molar-refractivity contribution is 5.97. The number of carbonyl (C=O) groups excluding carboxylic acids is 3. The maximum absolute atomic E-state index is 12.1. The van der Waals surface area contributed by atoms with Gasteiger partial charge in [-0.25, -0.2) is 0 Å². The first-order valence-corrected chi connectivity index (χ1v) is 8.18. The first-order valence-electron chi connectivity index (χ1n) is 8.18. The number of methoxy groups -OCH3 is 1. The van der Waals surface area contributed by atoms with Crippen molar-refractivity contribution in [2.75, 3.05) is 30.9 Å². The molecule has 0 radical (unpaired) electrons. The molecule has 8 heteroatoms. The Hall–Kier alpha value is -3.55. The van der Waals surface area contributed by atoms with E-state index in [0.29, 0.717) is 22.9 Å². The Labute approximate surface area is 156 Å². The van der Waals surface area contributed by atoms with Crippen LogP contribution in [0.1, 0.15) is 6.92 Å². The van der Waals surface area contributed by atoms with Crippen molar-refractivity contribution >= 4 is 29.1 Å². The summed E-state index contributed by atoms with van der Waals surface area (Å²) in [6, 6.07) is 13.7. The second-order valence-electron chi connectivity index (χ2n) is 5.52. The summed E-state index contributed by atoms with van der Waals surface area (Å²) in [5.41, 5.74) is 0.891. The average molecular weight is 371 g/mol. The van der Waals surface area contributed by atoms with Crippen LogP contribution in [0.25, 0.3) is 0 Å². The number of hydrogen-bond acceptors (Lipinski definition) is 5. The topological polar surface area (TPSA) is 106 Å². The monoisotopic (exact) mass is 371 g/mol. The molecule has 0 aromatic heterocycles. The molecule has 0 fully saturated rings. The van der Waals surface area contributed by atoms with Crippen LogP contribution in [0.2, 0.25) is 0 Å². The Kier molecular flexibility index (Phi) is 7.18. The molecule has 0 spiro atoms. The fraction of sp³-hybridized carbons (Fsp3) is 0.211. The van der Waals surface area contributed by atoms with Crippen LogP contribution >= 0.6 is 0 Å². The van der Waals surface area contributed by atoms with Crippen LogP contribution in [-0.2, 0) is 14.4 Å². The summed E-state index contributed by atoms with van der Waals surface area (Å²) in [7, 11) is 1.46. The fourth-order valence-electron chi connectivity index (χ4n) is 2.18. The van der Waals surface area contributed by atoms with E-state index in [0.717, 1.165) is 0 Å². The van der Waals surface area contributed by atoms with Crippen molar-refractivity contribution in [2.24, 2.45) is 0 Å². The Morgan fingerprint density at radius 2 is 1.70 bits per heavy atom. The molecule has 0 saturated carbocycles. The van der Waals surface area contributed by atoms with Gasteiger partial charge in [0, 0.05) is 12.6 Å². The lowest BCUT2D eigenvalue weighted by atomic mass is 10.2. The number of para-hydroxylation sites is 1. The van der Waals surface area contributed by atoms with Crippen molar-refractivity contribution in [1.29, 1.82) is 0 Å². The number of benzene rings is 2. The molecule has 2 aromatic rings. The van der Waals surface area contributed by atoms with E-state index in [9.17, 15) is 14.4 Å². The molecule has 27 heavy (non-hydrogen) atoms. The fourth-order valence-corrected chi connectivity index (χ4v) is 2.18. The molecule has 0 aliphatic carbocycles. The van der Waals surface area contributed by atoms with Gasteiger partial charge in [-0.3, -0.25) is 14.4 Å². The Balaban J connectivity index is 1.85. The predicted molar refractivity (Wildman–Crippen MR) is 101 cm³/mol. The summed E-state index contributed by atoms with van der Waals surface area (Å²) in [6.45, 7) is 0.957. The average Bonchev–Trinajstić information content (AvgIpc) is 2.65. The van der Waals surface area contributed by atoms with E-state index in [2.05, 4.69) is 16.0 Å². The highest BCUT2D eigenvalue weighted by atomic mass is 16.5. The van der Waals surface area contributed by atoms with Gasteiger partial charge in [-0.15, -0.1) is 0 Å². The predicted octanol–water partition coefficient (Wildman–Crippen LogP) is 1.79. The summed E-state index contributed by atoms with van der Waals surface area (Å²) < 4.78 is 10.5. The number of carbonyl (C=O) groups is 3. The van der Waals surface area contributed by atoms with E-state index in [-0.39, 0.29) is 19.1 Å². The smallest absolute Gasteiger partial charge is 0.258 e. The molecule has 0 saturated heterocycles. The summed E-state index contributed by atoms with van der Waals surface area (Å²) in [5.74, 6) is -0.106. The summed E-state index contributed by atoms with van der Waals surface area (Å²) >= 11 is 0. The zero-order valence-corrected chi connectivity index (χ0v) is 15.1. The van der Waals surface area contributed by atoms with Crippen LogP contribution in [0.5, 0.6) is 11.5 Å². The van der Waals surface area contributed by atoms with Crippen LogP contribution in [0.4, 0.5) is 11.4 Å². The summed E-state index contributed by atoms with van der Waals surface area (Å²) in [6.07, 6.45) is 0. The van der Waals surface area contributed by atoms with Gasteiger partial charge in [0.1, 0.15) is 11.5 Å². The van der Waals surface area contributed by atoms with E-state index in [1.165, 1.54) is 14.0 Å². The molecule has 3 N–H and O–H groups in total. The van der Waals surface area contributed by atoms with Crippen LogP contribution in [0.3, 0.4) is 0 Å². The van der Waals surface area contributed by atoms with Gasteiger partial charge in [0.2, 0.25) is 11.8 Å². The zero-order chi connectivity index (χ0) is 19.6. The SMILES string of the molecule is COc1ccc(NC(C)=O)cc1NC(=O)CNC(=O)COc1ccccc1. The minimum absolute atomic E-state index is 0.196. The van der Waals surface area contributed by atoms with E-state index >= 15 is 0 Å². The van der Waals surface area contributed by atoms with Gasteiger partial charge in [0.05, 0.1) is 19.3 Å². The van der Waals surface area contributed by atoms with Crippen molar-refractivity contribution in [2.45, 2.75) is 6.92 Å². The standard InChI is InChI=1S/C19H21N3O5/c1-13(23)21-14-8-9-17(26-2)16(10-14)22-18(24)11-20-19(25)12-27-15-6-4-3-5-7-15/h3-10H,11-12H2,1-2H3,(H,20,25)(H,21,23)(H,22,24). The third-order valence-electron chi connectivity index (χ3n) is 3.35. The number of rotatable bonds is 8. The Bertz CT molecular complexity index is 808. The maximum Gasteiger partial charge on any atom is 0.258 e. The van der Waals surface area contributed by atoms with Crippen LogP contribution in [0, 0.1) is 0 Å². The van der Waals surface area contributed by atoms with Crippen molar-refractivity contribution in [3.8, 4) is 11.5 Å².